The molecule has 0 saturated heterocycles. The summed E-state index contributed by atoms with van der Waals surface area (Å²) in [6.45, 7) is 4.10. The fraction of sp³-hybridized carbons (Fsp3) is 0.158. The number of allylic oxidation sites excluding steroid dienone is 1. The van der Waals surface area contributed by atoms with Crippen molar-refractivity contribution in [2.24, 2.45) is 0 Å². The van der Waals surface area contributed by atoms with Crippen LogP contribution < -0.4 is 10.9 Å². The molecule has 2 N–H and O–H groups in total. The zero-order valence-corrected chi connectivity index (χ0v) is 15.2. The minimum atomic E-state index is -3.59. The first kappa shape index (κ1) is 19.0. The second-order valence-corrected chi connectivity index (χ2v) is 7.75. The molecule has 0 aliphatic heterocycles. The maximum atomic E-state index is 12.7. The summed E-state index contributed by atoms with van der Waals surface area (Å²) in [5.74, 6) is 0.334. The molecule has 0 spiro atoms. The van der Waals surface area contributed by atoms with E-state index < -0.39 is 9.84 Å². The topological polar surface area (TPSA) is 106 Å². The van der Waals surface area contributed by atoms with Crippen molar-refractivity contribution in [3.8, 4) is 12.1 Å². The van der Waals surface area contributed by atoms with Crippen LogP contribution in [0.1, 0.15) is 25.3 Å². The molecule has 0 fully saturated rings. The van der Waals surface area contributed by atoms with Crippen molar-refractivity contribution in [2.75, 3.05) is 5.43 Å². The summed E-state index contributed by atoms with van der Waals surface area (Å²) < 4.78 is 25.4. The van der Waals surface area contributed by atoms with Gasteiger partial charge in [-0.15, -0.1) is 0 Å². The Morgan fingerprint density at radius 2 is 1.46 bits per heavy atom. The van der Waals surface area contributed by atoms with Crippen molar-refractivity contribution in [1.82, 2.24) is 5.43 Å². The third-order valence-corrected chi connectivity index (χ3v) is 5.48. The average Bonchev–Trinajstić information content (AvgIpc) is 2.65. The Kier molecular flexibility index (Phi) is 6.00. The third kappa shape index (κ3) is 4.41. The van der Waals surface area contributed by atoms with Gasteiger partial charge in [-0.3, -0.25) is 0 Å². The van der Waals surface area contributed by atoms with E-state index in [9.17, 15) is 8.42 Å². The summed E-state index contributed by atoms with van der Waals surface area (Å²) in [6, 6.07) is 16.5. The molecule has 6 nitrogen and oxygen atoms in total. The van der Waals surface area contributed by atoms with E-state index in [2.05, 4.69) is 24.7 Å². The lowest BCUT2D eigenvalue weighted by molar-refractivity contribution is 0.596. The van der Waals surface area contributed by atoms with Crippen molar-refractivity contribution in [3.05, 3.63) is 65.9 Å². The summed E-state index contributed by atoms with van der Waals surface area (Å²) in [7, 11) is -3.59. The molecular weight excluding hydrogens is 348 g/mol. The second kappa shape index (κ2) is 8.19. The van der Waals surface area contributed by atoms with Crippen LogP contribution in [0.3, 0.4) is 0 Å². The molecule has 2 aromatic rings. The van der Waals surface area contributed by atoms with Gasteiger partial charge in [-0.25, -0.2) is 8.42 Å². The summed E-state index contributed by atoms with van der Waals surface area (Å²) in [5, 5.41) is 17.3. The fourth-order valence-corrected chi connectivity index (χ4v) is 3.43. The van der Waals surface area contributed by atoms with E-state index >= 15 is 0 Å². The first-order chi connectivity index (χ1) is 12.4. The molecule has 0 bridgehead atoms. The number of nitriles is 2. The van der Waals surface area contributed by atoms with Gasteiger partial charge in [0.2, 0.25) is 9.84 Å². The van der Waals surface area contributed by atoms with E-state index in [1.165, 1.54) is 18.3 Å². The number of sulfone groups is 1. The zero-order chi connectivity index (χ0) is 19.2. The third-order valence-electron chi connectivity index (χ3n) is 3.70. The van der Waals surface area contributed by atoms with E-state index in [1.807, 2.05) is 12.1 Å². The van der Waals surface area contributed by atoms with Crippen molar-refractivity contribution in [2.45, 2.75) is 29.6 Å². The molecule has 0 aliphatic rings. The molecular formula is C19H18N4O2S. The molecule has 0 amide bonds. The molecule has 0 saturated carbocycles. The molecule has 0 aliphatic carbocycles. The lowest BCUT2D eigenvalue weighted by Gasteiger charge is -2.09. The molecule has 0 radical (unpaired) electrons. The van der Waals surface area contributed by atoms with Crippen LogP contribution in [-0.4, -0.2) is 8.42 Å². The van der Waals surface area contributed by atoms with Crippen molar-refractivity contribution >= 4 is 15.5 Å². The van der Waals surface area contributed by atoms with E-state index in [4.69, 9.17) is 10.5 Å². The van der Waals surface area contributed by atoms with E-state index in [0.717, 1.165) is 5.56 Å². The molecule has 0 unspecified atom stereocenters. The minimum Gasteiger partial charge on any atom is -0.306 e. The molecule has 7 heteroatoms. The SMILES string of the molecule is CC(C)c1ccc(S(=O)(=O)c2ccc(NNC=C(C#N)C#N)cc2)cc1. The smallest absolute Gasteiger partial charge is 0.206 e. The number of nitrogens with one attached hydrogen (secondary N) is 2. The highest BCUT2D eigenvalue weighted by atomic mass is 32.2. The Labute approximate surface area is 153 Å². The quantitative estimate of drug-likeness (QED) is 0.599. The lowest BCUT2D eigenvalue weighted by Crippen LogP contribution is -2.15. The van der Waals surface area contributed by atoms with Crippen LogP contribution in [0.2, 0.25) is 0 Å². The van der Waals surface area contributed by atoms with Crippen molar-refractivity contribution < 1.29 is 8.42 Å². The monoisotopic (exact) mass is 366 g/mol. The van der Waals surface area contributed by atoms with Crippen LogP contribution in [0.25, 0.3) is 0 Å². The highest BCUT2D eigenvalue weighted by Gasteiger charge is 2.17. The van der Waals surface area contributed by atoms with Gasteiger partial charge in [-0.1, -0.05) is 26.0 Å². The Bertz CT molecular complexity index is 962. The first-order valence-corrected chi connectivity index (χ1v) is 9.34. The van der Waals surface area contributed by atoms with Gasteiger partial charge in [0, 0.05) is 6.20 Å². The van der Waals surface area contributed by atoms with Gasteiger partial charge >= 0.3 is 0 Å². The van der Waals surface area contributed by atoms with Gasteiger partial charge < -0.3 is 10.9 Å². The summed E-state index contributed by atoms with van der Waals surface area (Å²) in [5.41, 5.74) is 6.95. The van der Waals surface area contributed by atoms with Crippen molar-refractivity contribution in [1.29, 1.82) is 10.5 Å². The van der Waals surface area contributed by atoms with Crippen LogP contribution in [0.4, 0.5) is 5.69 Å². The van der Waals surface area contributed by atoms with Gasteiger partial charge in [-0.05, 0) is 47.9 Å². The number of nitrogens with zero attached hydrogens (tertiary/aromatic N) is 2. The van der Waals surface area contributed by atoms with E-state index in [-0.39, 0.29) is 15.4 Å². The van der Waals surface area contributed by atoms with Gasteiger partial charge in [0.25, 0.3) is 0 Å². The molecule has 132 valence electrons. The van der Waals surface area contributed by atoms with Crippen LogP contribution in [0.15, 0.2) is 70.1 Å². The predicted molar refractivity (Wildman–Crippen MR) is 98.5 cm³/mol. The maximum Gasteiger partial charge on any atom is 0.206 e. The molecule has 0 atom stereocenters. The Hall–Kier alpha value is -3.29. The maximum absolute atomic E-state index is 12.7. The molecule has 0 aromatic heterocycles. The second-order valence-electron chi connectivity index (χ2n) is 5.80. The Balaban J connectivity index is 2.15. The summed E-state index contributed by atoms with van der Waals surface area (Å²) in [6.07, 6.45) is 1.22. The van der Waals surface area contributed by atoms with Gasteiger partial charge in [-0.2, -0.15) is 10.5 Å². The van der Waals surface area contributed by atoms with Crippen LogP contribution in [0, 0.1) is 22.7 Å². The standard InChI is InChI=1S/C19H18N4O2S/c1-14(2)16-3-7-18(8-4-16)26(24,25)19-9-5-17(6-10-19)23-22-13-15(11-20)12-21/h3-10,13-14,22-23H,1-2H3. The van der Waals surface area contributed by atoms with Crippen LogP contribution >= 0.6 is 0 Å². The van der Waals surface area contributed by atoms with Crippen LogP contribution in [0.5, 0.6) is 0 Å². The molecule has 2 rings (SSSR count). The highest BCUT2D eigenvalue weighted by Crippen LogP contribution is 2.24. The largest absolute Gasteiger partial charge is 0.306 e. The number of benzene rings is 2. The van der Waals surface area contributed by atoms with Crippen LogP contribution in [-0.2, 0) is 9.84 Å². The number of hydrogen-bond donors (Lipinski definition) is 2. The number of hydrazine groups is 1. The number of rotatable bonds is 6. The number of anilines is 1. The number of hydrogen-bond acceptors (Lipinski definition) is 6. The van der Waals surface area contributed by atoms with Crippen molar-refractivity contribution in [3.63, 3.8) is 0 Å². The summed E-state index contributed by atoms with van der Waals surface area (Å²) in [4.78, 5) is 0.432. The lowest BCUT2D eigenvalue weighted by atomic mass is 10.0. The van der Waals surface area contributed by atoms with Gasteiger partial charge in [0.15, 0.2) is 0 Å². The molecule has 2 aromatic carbocycles. The summed E-state index contributed by atoms with van der Waals surface area (Å²) >= 11 is 0. The zero-order valence-electron chi connectivity index (χ0n) is 14.4. The van der Waals surface area contributed by atoms with E-state index in [1.54, 1.807) is 36.4 Å². The Morgan fingerprint density at radius 1 is 0.962 bits per heavy atom. The van der Waals surface area contributed by atoms with E-state index in [0.29, 0.717) is 11.6 Å². The minimum absolute atomic E-state index is 0.0819. The van der Waals surface area contributed by atoms with Gasteiger partial charge in [0.05, 0.1) is 15.5 Å². The first-order valence-electron chi connectivity index (χ1n) is 7.85. The normalized spacial score (nSPS) is 10.5. The fourth-order valence-electron chi connectivity index (χ4n) is 2.17. The van der Waals surface area contributed by atoms with Gasteiger partial charge in [0.1, 0.15) is 17.7 Å². The average molecular weight is 366 g/mol. The molecule has 0 heterocycles. The predicted octanol–water partition coefficient (Wildman–Crippen LogP) is 3.49. The highest BCUT2D eigenvalue weighted by molar-refractivity contribution is 7.91. The molecule has 26 heavy (non-hydrogen) atoms. The Morgan fingerprint density at radius 3 is 1.92 bits per heavy atom.